The second-order valence-electron chi connectivity index (χ2n) is 7.67. The van der Waals surface area contributed by atoms with E-state index in [0.29, 0.717) is 47.7 Å². The number of pyridine rings is 1. The van der Waals surface area contributed by atoms with E-state index in [2.05, 4.69) is 29.7 Å². The lowest BCUT2D eigenvalue weighted by molar-refractivity contribution is 0.0691. The van der Waals surface area contributed by atoms with Gasteiger partial charge in [0.05, 0.1) is 15.9 Å². The van der Waals surface area contributed by atoms with Crippen LogP contribution in [0.4, 0.5) is 11.6 Å². The van der Waals surface area contributed by atoms with Crippen LogP contribution >= 0.6 is 23.2 Å². The number of fused-ring (bicyclic) bond motifs is 2. The predicted molar refractivity (Wildman–Crippen MR) is 126 cm³/mol. The number of hydrogen-bond donors (Lipinski definition) is 2. The van der Waals surface area contributed by atoms with Gasteiger partial charge in [-0.3, -0.25) is 0 Å². The fraction of sp³-hybridized carbons (Fsp3) is 0.273. The molecule has 3 aromatic heterocycles. The van der Waals surface area contributed by atoms with E-state index in [9.17, 15) is 9.90 Å². The average molecular weight is 471 g/mol. The quantitative estimate of drug-likeness (QED) is 0.455. The molecule has 1 aromatic carbocycles. The fourth-order valence-electron chi connectivity index (χ4n) is 4.08. The second kappa shape index (κ2) is 8.11. The molecular weight excluding hydrogens is 451 g/mol. The van der Waals surface area contributed by atoms with E-state index >= 15 is 0 Å². The van der Waals surface area contributed by atoms with Crippen molar-refractivity contribution >= 4 is 62.7 Å². The highest BCUT2D eigenvalue weighted by atomic mass is 35.5. The first-order valence-electron chi connectivity index (χ1n) is 10.3. The number of nitrogens with zero attached hydrogens (tertiary/aromatic N) is 5. The van der Waals surface area contributed by atoms with Crippen molar-refractivity contribution in [3.8, 4) is 0 Å². The Hall–Kier alpha value is -3.10. The van der Waals surface area contributed by atoms with Crippen LogP contribution in [0.2, 0.25) is 10.0 Å². The van der Waals surface area contributed by atoms with Crippen LogP contribution < -0.4 is 9.80 Å². The summed E-state index contributed by atoms with van der Waals surface area (Å²) in [4.78, 5) is 32.6. The third kappa shape index (κ3) is 3.59. The summed E-state index contributed by atoms with van der Waals surface area (Å²) in [6.07, 6.45) is 2.56. The van der Waals surface area contributed by atoms with Crippen molar-refractivity contribution < 1.29 is 9.90 Å². The van der Waals surface area contributed by atoms with Gasteiger partial charge in [0.1, 0.15) is 5.65 Å². The number of aryl methyl sites for hydroxylation is 1. The number of piperazine rings is 1. The molecule has 1 fully saturated rings. The summed E-state index contributed by atoms with van der Waals surface area (Å²) in [6, 6.07) is 6.91. The van der Waals surface area contributed by atoms with Gasteiger partial charge in [-0.2, -0.15) is 4.98 Å². The molecule has 0 aliphatic carbocycles. The number of nitrogens with one attached hydrogen (secondary N) is 1. The van der Waals surface area contributed by atoms with Crippen molar-refractivity contribution in [3.63, 3.8) is 0 Å². The number of aromatic amines is 1. The molecule has 32 heavy (non-hydrogen) atoms. The van der Waals surface area contributed by atoms with Gasteiger partial charge < -0.3 is 19.9 Å². The van der Waals surface area contributed by atoms with Crippen molar-refractivity contribution in [3.05, 3.63) is 51.9 Å². The van der Waals surface area contributed by atoms with Crippen LogP contribution in [0.15, 0.2) is 30.5 Å². The number of hydrogen-bond acceptors (Lipinski definition) is 6. The SMILES string of the molecule is CCc1[nH]c2nc(N3CCN(c4cc(C(=O)O)nc5ccc(Cl)cc45)CC3)ncc2c1Cl. The molecule has 8 nitrogen and oxygen atoms in total. The Morgan fingerprint density at radius 3 is 2.56 bits per heavy atom. The number of benzene rings is 1. The van der Waals surface area contributed by atoms with Crippen molar-refractivity contribution in [1.29, 1.82) is 0 Å². The first kappa shape index (κ1) is 20.8. The first-order valence-corrected chi connectivity index (χ1v) is 11.1. The Morgan fingerprint density at radius 2 is 1.84 bits per heavy atom. The van der Waals surface area contributed by atoms with Gasteiger partial charge in [0.25, 0.3) is 0 Å². The summed E-state index contributed by atoms with van der Waals surface area (Å²) in [5.41, 5.74) is 3.13. The third-order valence-corrected chi connectivity index (χ3v) is 6.44. The monoisotopic (exact) mass is 470 g/mol. The van der Waals surface area contributed by atoms with Crippen molar-refractivity contribution in [2.24, 2.45) is 0 Å². The standard InChI is InChI=1S/C22H20Cl2N6O2/c1-2-15-19(24)14-11-25-22(28-20(14)27-15)30-7-5-29(6-8-30)18-10-17(21(31)32)26-16-4-3-12(23)9-13(16)18/h3-4,9-11H,2,5-8H2,1H3,(H,31,32)(H,25,27,28). The van der Waals surface area contributed by atoms with Crippen LogP contribution in [0.5, 0.6) is 0 Å². The minimum atomic E-state index is -1.06. The van der Waals surface area contributed by atoms with E-state index in [1.165, 1.54) is 0 Å². The highest BCUT2D eigenvalue weighted by molar-refractivity contribution is 6.36. The first-order chi connectivity index (χ1) is 15.4. The molecular formula is C22H20Cl2N6O2. The molecule has 0 radical (unpaired) electrons. The Kier molecular flexibility index (Phi) is 5.27. The van der Waals surface area contributed by atoms with E-state index in [-0.39, 0.29) is 5.69 Å². The predicted octanol–water partition coefficient (Wildman–Crippen LogP) is 4.40. The zero-order valence-electron chi connectivity index (χ0n) is 17.3. The number of halogens is 2. The van der Waals surface area contributed by atoms with E-state index in [1.54, 1.807) is 24.4 Å². The minimum Gasteiger partial charge on any atom is -0.477 e. The van der Waals surface area contributed by atoms with E-state index in [0.717, 1.165) is 34.2 Å². The van der Waals surface area contributed by atoms with Gasteiger partial charge in [-0.15, -0.1) is 0 Å². The summed E-state index contributed by atoms with van der Waals surface area (Å²) in [5.74, 6) is -0.411. The maximum absolute atomic E-state index is 11.6. The minimum absolute atomic E-state index is 0.0152. The van der Waals surface area contributed by atoms with Crippen molar-refractivity contribution in [2.45, 2.75) is 13.3 Å². The van der Waals surface area contributed by atoms with Crippen LogP contribution in [0.3, 0.4) is 0 Å². The van der Waals surface area contributed by atoms with Gasteiger partial charge in [-0.25, -0.2) is 14.8 Å². The Bertz CT molecular complexity index is 1350. The molecule has 0 bridgehead atoms. The molecule has 4 heterocycles. The average Bonchev–Trinajstić information content (AvgIpc) is 3.13. The molecule has 10 heteroatoms. The lowest BCUT2D eigenvalue weighted by atomic mass is 10.1. The number of rotatable bonds is 4. The molecule has 4 aromatic rings. The molecule has 1 aliphatic rings. The number of H-pyrrole nitrogens is 1. The van der Waals surface area contributed by atoms with E-state index < -0.39 is 5.97 Å². The molecule has 2 N–H and O–H groups in total. The highest BCUT2D eigenvalue weighted by Crippen LogP contribution is 2.31. The smallest absolute Gasteiger partial charge is 0.354 e. The summed E-state index contributed by atoms with van der Waals surface area (Å²) >= 11 is 12.6. The topological polar surface area (TPSA) is 98.2 Å². The molecule has 0 amide bonds. The second-order valence-corrected chi connectivity index (χ2v) is 8.49. The zero-order valence-corrected chi connectivity index (χ0v) is 18.8. The van der Waals surface area contributed by atoms with E-state index in [1.807, 2.05) is 13.0 Å². The number of aromatic nitrogens is 4. The molecule has 0 atom stereocenters. The normalized spacial score (nSPS) is 14.5. The third-order valence-electron chi connectivity index (χ3n) is 5.77. The lowest BCUT2D eigenvalue weighted by Crippen LogP contribution is -2.47. The summed E-state index contributed by atoms with van der Waals surface area (Å²) < 4.78 is 0. The van der Waals surface area contributed by atoms with Crippen molar-refractivity contribution in [1.82, 2.24) is 19.9 Å². The van der Waals surface area contributed by atoms with Crippen LogP contribution in [0, 0.1) is 0 Å². The number of anilines is 2. The number of carboxylic acid groups (broad SMARTS) is 1. The van der Waals surface area contributed by atoms with Gasteiger partial charge in [0.2, 0.25) is 5.95 Å². The van der Waals surface area contributed by atoms with Crippen LogP contribution in [0.1, 0.15) is 23.1 Å². The van der Waals surface area contributed by atoms with Gasteiger partial charge in [-0.05, 0) is 30.7 Å². The maximum Gasteiger partial charge on any atom is 0.354 e. The van der Waals surface area contributed by atoms with Gasteiger partial charge in [0.15, 0.2) is 5.69 Å². The molecule has 0 unspecified atom stereocenters. The van der Waals surface area contributed by atoms with Crippen LogP contribution in [0.25, 0.3) is 21.9 Å². The molecule has 1 aliphatic heterocycles. The number of aromatic carboxylic acids is 1. The summed E-state index contributed by atoms with van der Waals surface area (Å²) in [7, 11) is 0. The molecule has 1 saturated heterocycles. The molecule has 5 rings (SSSR count). The van der Waals surface area contributed by atoms with Gasteiger partial charge >= 0.3 is 5.97 Å². The van der Waals surface area contributed by atoms with Crippen LogP contribution in [-0.4, -0.2) is 57.2 Å². The zero-order chi connectivity index (χ0) is 22.4. The van der Waals surface area contributed by atoms with Crippen LogP contribution in [-0.2, 0) is 6.42 Å². The molecule has 164 valence electrons. The molecule has 0 saturated carbocycles. The number of carboxylic acids is 1. The Labute approximate surface area is 193 Å². The maximum atomic E-state index is 11.6. The van der Waals surface area contributed by atoms with Gasteiger partial charge in [0, 0.05) is 54.2 Å². The Morgan fingerprint density at radius 1 is 1.09 bits per heavy atom. The Balaban J connectivity index is 1.42. The largest absolute Gasteiger partial charge is 0.477 e. The van der Waals surface area contributed by atoms with Crippen molar-refractivity contribution in [2.75, 3.05) is 36.0 Å². The lowest BCUT2D eigenvalue weighted by Gasteiger charge is -2.36. The molecule has 0 spiro atoms. The highest BCUT2D eigenvalue weighted by Gasteiger charge is 2.23. The summed E-state index contributed by atoms with van der Waals surface area (Å²) in [5, 5.41) is 12.4. The summed E-state index contributed by atoms with van der Waals surface area (Å²) in [6.45, 7) is 4.77. The fourth-order valence-corrected chi connectivity index (χ4v) is 4.57. The van der Waals surface area contributed by atoms with Gasteiger partial charge in [-0.1, -0.05) is 30.1 Å². The number of carbonyl (C=O) groups is 1. The van der Waals surface area contributed by atoms with E-state index in [4.69, 9.17) is 23.2 Å².